The van der Waals surface area contributed by atoms with E-state index >= 15 is 0 Å². The summed E-state index contributed by atoms with van der Waals surface area (Å²) in [6, 6.07) is 7.42. The molecule has 27 heavy (non-hydrogen) atoms. The number of unbranched alkanes of at least 4 members (excludes halogenated alkanes) is 4. The molecule has 0 unspecified atom stereocenters. The van der Waals surface area contributed by atoms with Crippen molar-refractivity contribution in [3.8, 4) is 0 Å². The smallest absolute Gasteiger partial charge is 0.282 e. The molecule has 0 aliphatic heterocycles. The van der Waals surface area contributed by atoms with Gasteiger partial charge in [-0.3, -0.25) is 4.55 Å². The molecular weight excluding hydrogens is 375 g/mol. The lowest BCUT2D eigenvalue weighted by Crippen LogP contribution is -2.12. The van der Waals surface area contributed by atoms with E-state index in [1.54, 1.807) is 42.8 Å². The minimum absolute atomic E-state index is 0.0741. The van der Waals surface area contributed by atoms with Gasteiger partial charge in [0.2, 0.25) is 0 Å². The van der Waals surface area contributed by atoms with Gasteiger partial charge in [0.05, 0.1) is 29.5 Å². The molecule has 1 N–H and O–H groups in total. The lowest BCUT2D eigenvalue weighted by atomic mass is 10.4. The third kappa shape index (κ3) is 12.6. The molecule has 0 aromatic heterocycles. The fourth-order valence-corrected chi connectivity index (χ4v) is 9.03. The Morgan fingerprint density at radius 2 is 1.04 bits per heavy atom. The van der Waals surface area contributed by atoms with Gasteiger partial charge in [-0.1, -0.05) is 71.6 Å². The van der Waals surface area contributed by atoms with E-state index in [9.17, 15) is 8.42 Å². The monoisotopic (exact) mass is 417 g/mol. The van der Waals surface area contributed by atoms with Gasteiger partial charge in [0.25, 0.3) is 10.1 Å². The average Bonchev–Trinajstić information content (AvgIpc) is 2.67. The molecule has 0 atom stereocenters. The Morgan fingerprint density at radius 3 is 1.26 bits per heavy atom. The zero-order valence-corrected chi connectivity index (χ0v) is 19.7. The fourth-order valence-electron chi connectivity index (χ4n) is 3.24. The Hall–Kier alpha value is -0.440. The van der Waals surface area contributed by atoms with Crippen molar-refractivity contribution in [3.05, 3.63) is 30.3 Å². The van der Waals surface area contributed by atoms with Crippen molar-refractivity contribution >= 4 is 17.4 Å². The van der Waals surface area contributed by atoms with Gasteiger partial charge in [-0.25, -0.2) is 0 Å². The molecule has 0 radical (unpaired) electrons. The van der Waals surface area contributed by atoms with Crippen LogP contribution in [0.15, 0.2) is 35.2 Å². The standard InChI is InChI=1S/C16H36P.C6H6O3S/c1-5-9-13-17(14-10-6-2,15-11-7-3)16-12-8-4;7-10(8,9)6-4-2-1-3-5-6/h5-16H2,1-4H3;1-5H,(H,7,8,9)/q+1;. The van der Waals surface area contributed by atoms with Gasteiger partial charge < -0.3 is 0 Å². The largest absolute Gasteiger partial charge is 0.294 e. The van der Waals surface area contributed by atoms with Crippen LogP contribution >= 0.6 is 7.26 Å². The number of hydrogen-bond acceptors (Lipinski definition) is 2. The van der Waals surface area contributed by atoms with Crippen LogP contribution in [0.4, 0.5) is 0 Å². The van der Waals surface area contributed by atoms with Crippen LogP contribution in [0.25, 0.3) is 0 Å². The molecule has 1 aromatic rings. The first kappa shape index (κ1) is 26.6. The van der Waals surface area contributed by atoms with Crippen LogP contribution in [-0.2, 0) is 10.1 Å². The van der Waals surface area contributed by atoms with Crippen LogP contribution in [0.3, 0.4) is 0 Å². The summed E-state index contributed by atoms with van der Waals surface area (Å²) < 4.78 is 29.2. The number of rotatable bonds is 13. The summed E-state index contributed by atoms with van der Waals surface area (Å²) >= 11 is 0. The molecule has 0 fully saturated rings. The average molecular weight is 418 g/mol. The van der Waals surface area contributed by atoms with Crippen molar-refractivity contribution in [2.45, 2.75) is 84.0 Å². The zero-order valence-electron chi connectivity index (χ0n) is 18.0. The van der Waals surface area contributed by atoms with Gasteiger partial charge in [0.1, 0.15) is 0 Å². The molecule has 5 heteroatoms. The van der Waals surface area contributed by atoms with E-state index in [2.05, 4.69) is 27.7 Å². The summed E-state index contributed by atoms with van der Waals surface area (Å²) in [4.78, 5) is -0.0741. The summed E-state index contributed by atoms with van der Waals surface area (Å²) in [5.41, 5.74) is 0. The SMILES string of the molecule is CCCC[P+](CCCC)(CCCC)CCCC.O=S(=O)(O)c1ccccc1. The predicted molar refractivity (Wildman–Crippen MR) is 122 cm³/mol. The van der Waals surface area contributed by atoms with Crippen molar-refractivity contribution in [1.29, 1.82) is 0 Å². The van der Waals surface area contributed by atoms with Crippen LogP contribution in [0.2, 0.25) is 0 Å². The molecule has 0 bridgehead atoms. The lowest BCUT2D eigenvalue weighted by molar-refractivity contribution is 0.483. The third-order valence-corrected chi connectivity index (χ3v) is 10.9. The Labute approximate surface area is 169 Å². The predicted octanol–water partition coefficient (Wildman–Crippen LogP) is 7.14. The van der Waals surface area contributed by atoms with E-state index in [4.69, 9.17) is 4.55 Å². The van der Waals surface area contributed by atoms with E-state index in [1.165, 1.54) is 63.5 Å². The normalized spacial score (nSPS) is 11.7. The van der Waals surface area contributed by atoms with Crippen molar-refractivity contribution in [3.63, 3.8) is 0 Å². The maximum Gasteiger partial charge on any atom is 0.294 e. The van der Waals surface area contributed by atoms with Crippen LogP contribution in [-0.4, -0.2) is 37.6 Å². The molecular formula is C22H42O3PS+. The molecule has 0 aliphatic rings. The molecule has 0 spiro atoms. The molecule has 1 aromatic carbocycles. The molecule has 3 nitrogen and oxygen atoms in total. The molecule has 0 heterocycles. The highest BCUT2D eigenvalue weighted by Gasteiger charge is 2.34. The molecule has 158 valence electrons. The van der Waals surface area contributed by atoms with Crippen molar-refractivity contribution in [2.75, 3.05) is 24.6 Å². The lowest BCUT2D eigenvalue weighted by Gasteiger charge is -2.28. The number of hydrogen-bond donors (Lipinski definition) is 1. The van der Waals surface area contributed by atoms with Crippen LogP contribution < -0.4 is 0 Å². The second kappa shape index (κ2) is 15.5. The Bertz CT molecular complexity index is 521. The molecule has 0 amide bonds. The zero-order chi connectivity index (χ0) is 20.6. The van der Waals surface area contributed by atoms with Gasteiger partial charge >= 0.3 is 0 Å². The van der Waals surface area contributed by atoms with Gasteiger partial charge in [0, 0.05) is 7.26 Å². The second-order valence-electron chi connectivity index (χ2n) is 7.44. The summed E-state index contributed by atoms with van der Waals surface area (Å²) in [5, 5.41) is 0. The summed E-state index contributed by atoms with van der Waals surface area (Å²) in [6.07, 6.45) is 17.9. The first-order valence-corrected chi connectivity index (χ1v) is 14.7. The van der Waals surface area contributed by atoms with Crippen molar-refractivity contribution < 1.29 is 13.0 Å². The Balaban J connectivity index is 0.000000569. The van der Waals surface area contributed by atoms with E-state index in [0.29, 0.717) is 0 Å². The van der Waals surface area contributed by atoms with Gasteiger partial charge in [0.15, 0.2) is 0 Å². The van der Waals surface area contributed by atoms with E-state index in [1.807, 2.05) is 0 Å². The fraction of sp³-hybridized carbons (Fsp3) is 0.727. The first-order valence-electron chi connectivity index (χ1n) is 10.7. The van der Waals surface area contributed by atoms with Gasteiger partial charge in [-0.15, -0.1) is 0 Å². The van der Waals surface area contributed by atoms with E-state index in [0.717, 1.165) is 0 Å². The minimum Gasteiger partial charge on any atom is -0.282 e. The maximum atomic E-state index is 10.4. The quantitative estimate of drug-likeness (QED) is 0.274. The van der Waals surface area contributed by atoms with E-state index < -0.39 is 17.4 Å². The summed E-state index contributed by atoms with van der Waals surface area (Å²) in [7, 11) is -4.57. The second-order valence-corrected chi connectivity index (χ2v) is 13.3. The molecule has 1 rings (SSSR count). The van der Waals surface area contributed by atoms with Gasteiger partial charge in [-0.05, 0) is 37.8 Å². The molecule has 0 saturated carbocycles. The van der Waals surface area contributed by atoms with Gasteiger partial charge in [-0.2, -0.15) is 8.42 Å². The molecule has 0 saturated heterocycles. The summed E-state index contributed by atoms with van der Waals surface area (Å²) in [6.45, 7) is 9.42. The third-order valence-electron chi connectivity index (χ3n) is 4.99. The number of benzene rings is 1. The van der Waals surface area contributed by atoms with Crippen molar-refractivity contribution in [2.24, 2.45) is 0 Å². The van der Waals surface area contributed by atoms with Crippen LogP contribution in [0, 0.1) is 0 Å². The van der Waals surface area contributed by atoms with Crippen LogP contribution in [0.5, 0.6) is 0 Å². The minimum atomic E-state index is -4.00. The van der Waals surface area contributed by atoms with Crippen molar-refractivity contribution in [1.82, 2.24) is 0 Å². The highest BCUT2D eigenvalue weighted by atomic mass is 32.2. The molecule has 0 aliphatic carbocycles. The Morgan fingerprint density at radius 1 is 0.704 bits per heavy atom. The summed E-state index contributed by atoms with van der Waals surface area (Å²) in [5.74, 6) is 0. The van der Waals surface area contributed by atoms with Crippen LogP contribution in [0.1, 0.15) is 79.1 Å². The Kier molecular flexibility index (Phi) is 15.2. The first-order chi connectivity index (χ1) is 12.8. The topological polar surface area (TPSA) is 54.4 Å². The maximum absolute atomic E-state index is 10.4. The highest BCUT2D eigenvalue weighted by molar-refractivity contribution is 7.85. The highest BCUT2D eigenvalue weighted by Crippen LogP contribution is 2.61. The van der Waals surface area contributed by atoms with E-state index in [-0.39, 0.29) is 4.90 Å².